The van der Waals surface area contributed by atoms with Gasteiger partial charge < -0.3 is 43.3 Å². The van der Waals surface area contributed by atoms with Gasteiger partial charge in [0.2, 0.25) is 0 Å². The third kappa shape index (κ3) is 8.19. The third-order valence-electron chi connectivity index (χ3n) is 13.1. The summed E-state index contributed by atoms with van der Waals surface area (Å²) in [6.07, 6.45) is 2.60. The maximum atomic E-state index is 17.0. The standard InChI is InChI=1S/C42H63FN6O9/c1-13-30-42(8)33(49(39(54)47(42)11)20-15-14-19-48-23-45-28-17-16-18-44-36(28)48)26(4)31(50)24(2)22-40(6,55-12)35(27(5)34(52)41(7,43)38(53)57-30)58-37-32(51)29(46(9)10)21-25(3)56-37/h14-18,23-27,29-30,32-33,35,37,51H,13,19-22H2,1-12H3/b15-14+/t24-,25-,26+,27+,29+,30-,32-,33-,35-,37+,40+,41+,42-/m1/s1. The SMILES string of the molecule is CC[C@H]1OC(=O)[C@@](C)(F)C(=O)[C@H](C)[C@@H](O[C@@H]2O[C@H](C)C[C@H](N(C)C)[C@H]2O)[C@@](C)(OC)C[C@@H](C)C(=O)[C@H](C)[C@H]2N(C/C=C/Cn3cnc4cccnc43)C(=O)N(C)[C@]12C. The summed E-state index contributed by atoms with van der Waals surface area (Å²) in [7, 11) is 6.64. The number of hydrogen-bond acceptors (Lipinski definition) is 12. The number of carbonyl (C=O) groups excluding carboxylic acids is 4. The van der Waals surface area contributed by atoms with Gasteiger partial charge in [0.05, 0.1) is 35.7 Å². The van der Waals surface area contributed by atoms with Crippen molar-refractivity contribution in [3.8, 4) is 0 Å². The average molecular weight is 815 g/mol. The molecule has 322 valence electrons. The maximum absolute atomic E-state index is 17.0. The van der Waals surface area contributed by atoms with Crippen LogP contribution in [0.3, 0.4) is 0 Å². The van der Waals surface area contributed by atoms with Crippen LogP contribution >= 0.6 is 0 Å². The molecule has 3 aliphatic rings. The summed E-state index contributed by atoms with van der Waals surface area (Å²) in [5.74, 6) is -5.65. The summed E-state index contributed by atoms with van der Waals surface area (Å²) in [5.41, 5.74) is -4.47. The number of nitrogens with zero attached hydrogens (tertiary/aromatic N) is 6. The number of aliphatic hydroxyl groups is 1. The van der Waals surface area contributed by atoms with Gasteiger partial charge >= 0.3 is 12.0 Å². The van der Waals surface area contributed by atoms with Gasteiger partial charge in [-0.15, -0.1) is 0 Å². The second kappa shape index (κ2) is 17.4. The van der Waals surface area contributed by atoms with Gasteiger partial charge in [0, 0.05) is 57.2 Å². The summed E-state index contributed by atoms with van der Waals surface area (Å²) in [4.78, 5) is 71.1. The lowest BCUT2D eigenvalue weighted by Gasteiger charge is -2.48. The number of ketones is 2. The van der Waals surface area contributed by atoms with E-state index in [0.717, 1.165) is 12.4 Å². The Kier molecular flexibility index (Phi) is 13.6. The molecule has 5 heterocycles. The van der Waals surface area contributed by atoms with E-state index < -0.39 is 83.0 Å². The van der Waals surface area contributed by atoms with Crippen molar-refractivity contribution in [2.24, 2.45) is 17.8 Å². The van der Waals surface area contributed by atoms with Crippen LogP contribution in [0.5, 0.6) is 0 Å². The van der Waals surface area contributed by atoms with Gasteiger partial charge in [-0.05, 0) is 73.2 Å². The molecule has 1 N–H and O–H groups in total. The lowest BCUT2D eigenvalue weighted by molar-refractivity contribution is -0.295. The molecule has 0 aliphatic carbocycles. The van der Waals surface area contributed by atoms with Crippen molar-refractivity contribution >= 4 is 34.7 Å². The molecule has 16 heteroatoms. The minimum atomic E-state index is -3.16. The lowest BCUT2D eigenvalue weighted by atomic mass is 9.72. The monoisotopic (exact) mass is 814 g/mol. The average Bonchev–Trinajstić information content (AvgIpc) is 3.68. The Balaban J connectivity index is 1.55. The fourth-order valence-corrected chi connectivity index (χ4v) is 9.55. The predicted molar refractivity (Wildman–Crippen MR) is 213 cm³/mol. The number of aliphatic hydroxyl groups excluding tert-OH is 1. The van der Waals surface area contributed by atoms with Crippen molar-refractivity contribution < 1.29 is 47.6 Å². The van der Waals surface area contributed by atoms with Crippen LogP contribution < -0.4 is 0 Å². The number of esters is 1. The van der Waals surface area contributed by atoms with E-state index in [0.29, 0.717) is 18.6 Å². The van der Waals surface area contributed by atoms with Crippen LogP contribution in [0.4, 0.5) is 9.18 Å². The van der Waals surface area contributed by atoms with Crippen LogP contribution in [-0.2, 0) is 39.9 Å². The Morgan fingerprint density at radius 1 is 1.05 bits per heavy atom. The highest BCUT2D eigenvalue weighted by Gasteiger charge is 2.62. The van der Waals surface area contributed by atoms with E-state index in [4.69, 9.17) is 18.9 Å². The van der Waals surface area contributed by atoms with Crippen LogP contribution in [0.2, 0.25) is 0 Å². The van der Waals surface area contributed by atoms with Crippen molar-refractivity contribution in [2.75, 3.05) is 34.8 Å². The van der Waals surface area contributed by atoms with E-state index in [-0.39, 0.29) is 37.3 Å². The molecule has 5 rings (SSSR count). The highest BCUT2D eigenvalue weighted by atomic mass is 19.1. The van der Waals surface area contributed by atoms with Gasteiger partial charge in [-0.2, -0.15) is 0 Å². The number of hydrogen-bond donors (Lipinski definition) is 1. The van der Waals surface area contributed by atoms with E-state index in [1.165, 1.54) is 18.9 Å². The van der Waals surface area contributed by atoms with Gasteiger partial charge in [0.15, 0.2) is 17.7 Å². The number of allylic oxidation sites excluding steroid dienone is 1. The highest BCUT2D eigenvalue weighted by Crippen LogP contribution is 2.44. The molecule has 2 aromatic rings. The Bertz CT molecular complexity index is 1860. The summed E-state index contributed by atoms with van der Waals surface area (Å²) in [6.45, 7) is 13.3. The quantitative estimate of drug-likeness (QED) is 0.218. The van der Waals surface area contributed by atoms with Gasteiger partial charge in [0.25, 0.3) is 5.67 Å². The summed E-state index contributed by atoms with van der Waals surface area (Å²) >= 11 is 0. The molecule has 0 radical (unpaired) electrons. The number of urea groups is 1. The molecule has 3 aliphatic heterocycles. The van der Waals surface area contributed by atoms with Crippen LogP contribution in [0.1, 0.15) is 74.7 Å². The largest absolute Gasteiger partial charge is 0.457 e. The minimum absolute atomic E-state index is 0.00904. The molecule has 0 bridgehead atoms. The number of rotatable bonds is 9. The molecular formula is C42H63FN6O9. The molecule has 3 fully saturated rings. The van der Waals surface area contributed by atoms with Gasteiger partial charge in [-0.1, -0.05) is 39.8 Å². The number of likely N-dealkylation sites (N-methyl/N-ethyl adjacent to an activating group) is 2. The number of ether oxygens (including phenoxy) is 4. The second-order valence-electron chi connectivity index (χ2n) is 17.3. The lowest BCUT2D eigenvalue weighted by Crippen LogP contribution is -2.63. The third-order valence-corrected chi connectivity index (χ3v) is 13.1. The van der Waals surface area contributed by atoms with Crippen LogP contribution in [0.25, 0.3) is 11.2 Å². The molecule has 2 amide bonds. The Labute approximate surface area is 341 Å². The van der Waals surface area contributed by atoms with Gasteiger partial charge in [-0.3, -0.25) is 9.59 Å². The summed E-state index contributed by atoms with van der Waals surface area (Å²) < 4.78 is 43.5. The van der Waals surface area contributed by atoms with E-state index >= 15 is 4.39 Å². The summed E-state index contributed by atoms with van der Waals surface area (Å²) in [5, 5.41) is 11.4. The van der Waals surface area contributed by atoms with E-state index in [9.17, 15) is 24.3 Å². The molecule has 13 atom stereocenters. The van der Waals surface area contributed by atoms with Crippen molar-refractivity contribution in [1.29, 1.82) is 0 Å². The van der Waals surface area contributed by atoms with E-state index in [2.05, 4.69) is 9.97 Å². The highest BCUT2D eigenvalue weighted by molar-refractivity contribution is 6.08. The zero-order valence-electron chi connectivity index (χ0n) is 36.0. The smallest absolute Gasteiger partial charge is 0.351 e. The van der Waals surface area contributed by atoms with Crippen LogP contribution in [0.15, 0.2) is 36.8 Å². The molecule has 3 saturated heterocycles. The number of amides is 2. The Hall–Kier alpha value is -3.83. The number of aromatic nitrogens is 3. The van der Waals surface area contributed by atoms with Gasteiger partial charge in [-0.25, -0.2) is 23.9 Å². The first-order chi connectivity index (χ1) is 27.1. The predicted octanol–water partition coefficient (Wildman–Crippen LogP) is 4.20. The summed E-state index contributed by atoms with van der Waals surface area (Å²) in [6, 6.07) is 2.07. The van der Waals surface area contributed by atoms with Crippen molar-refractivity contribution in [2.45, 2.75) is 141 Å². The molecule has 0 saturated carbocycles. The number of cyclic esters (lactones) is 1. The fourth-order valence-electron chi connectivity index (χ4n) is 9.55. The molecule has 0 aromatic carbocycles. The minimum Gasteiger partial charge on any atom is -0.457 e. The normalized spacial score (nSPS) is 38.5. The van der Waals surface area contributed by atoms with Crippen molar-refractivity contribution in [3.63, 3.8) is 0 Å². The van der Waals surface area contributed by atoms with Gasteiger partial charge in [0.1, 0.15) is 23.5 Å². The van der Waals surface area contributed by atoms with Crippen molar-refractivity contribution in [1.82, 2.24) is 29.2 Å². The second-order valence-corrected chi connectivity index (χ2v) is 17.3. The number of imidazole rings is 1. The number of carbonyl (C=O) groups is 4. The number of pyridine rings is 1. The number of methoxy groups -OCH3 is 1. The zero-order valence-corrected chi connectivity index (χ0v) is 36.0. The van der Waals surface area contributed by atoms with Crippen molar-refractivity contribution in [3.05, 3.63) is 36.8 Å². The Morgan fingerprint density at radius 3 is 2.36 bits per heavy atom. The Morgan fingerprint density at radius 2 is 1.72 bits per heavy atom. The van der Waals surface area contributed by atoms with E-state index in [1.54, 1.807) is 59.1 Å². The maximum Gasteiger partial charge on any atom is 0.351 e. The molecule has 15 nitrogen and oxygen atoms in total. The molecule has 0 unspecified atom stereocenters. The molecule has 58 heavy (non-hydrogen) atoms. The molecule has 2 aromatic heterocycles. The topological polar surface area (TPSA) is 166 Å². The van der Waals surface area contributed by atoms with Crippen LogP contribution in [-0.4, -0.2) is 152 Å². The first-order valence-electron chi connectivity index (χ1n) is 20.3. The zero-order chi connectivity index (χ0) is 43.1. The number of fused-ring (bicyclic) bond motifs is 2. The number of Topliss-reactive ketones (excluding diaryl/α,β-unsaturated/α-hetero) is 2. The van der Waals surface area contributed by atoms with Crippen LogP contribution in [0, 0.1) is 17.8 Å². The molecular weight excluding hydrogens is 751 g/mol. The molecule has 0 spiro atoms. The first kappa shape index (κ1) is 45.3. The van der Waals surface area contributed by atoms with E-state index in [1.807, 2.05) is 54.8 Å². The number of halogens is 1. The first-order valence-corrected chi connectivity index (χ1v) is 20.3. The number of alkyl halides is 1. The fraction of sp³-hybridized carbons (Fsp3) is 0.714.